The molecule has 1 amide bonds. The third-order valence-corrected chi connectivity index (χ3v) is 6.81. The van der Waals surface area contributed by atoms with Gasteiger partial charge in [-0.3, -0.25) is 4.79 Å². The minimum atomic E-state index is -1.07. The van der Waals surface area contributed by atoms with E-state index in [2.05, 4.69) is 29.7 Å². The number of halogens is 2. The number of furan rings is 1. The number of aliphatic hydroxyl groups is 1. The van der Waals surface area contributed by atoms with Gasteiger partial charge in [-0.2, -0.15) is 0 Å². The number of carbonyl (C=O) groups excluding carboxylic acids is 1. The molecular formula is C31H34F2N2O5. The lowest BCUT2D eigenvalue weighted by molar-refractivity contribution is 0.0826. The highest BCUT2D eigenvalue weighted by atomic mass is 19.1. The normalized spacial score (nSPS) is 12.8. The molecule has 0 aliphatic heterocycles. The third kappa shape index (κ3) is 7.04. The number of aliphatic hydroxyl groups excluding tert-OH is 1. The number of methoxy groups -OCH3 is 2. The van der Waals surface area contributed by atoms with Gasteiger partial charge in [-0.1, -0.05) is 31.2 Å². The standard InChI is InChI=1S/C31H34F2N2O5/c1-4-19-6-5-7-20(10-19)16-34-17-28(36)27(13-21-11-22(32)14-23(33)12-21)35-31(37)25-15-29(39-3)30-24(8-9-40-30)26(25)18-38-2/h5-12,14-15,27-28,34,36H,4,13,16-18H2,1-3H3,(H,35,37)/t27-,28-/m1/s1. The zero-order valence-electron chi connectivity index (χ0n) is 22.8. The molecular weight excluding hydrogens is 518 g/mol. The van der Waals surface area contributed by atoms with E-state index >= 15 is 0 Å². The minimum Gasteiger partial charge on any atom is -0.493 e. The van der Waals surface area contributed by atoms with Crippen molar-refractivity contribution in [1.82, 2.24) is 10.6 Å². The summed E-state index contributed by atoms with van der Waals surface area (Å²) in [6.45, 7) is 2.85. The first-order chi connectivity index (χ1) is 19.3. The molecule has 2 atom stereocenters. The summed E-state index contributed by atoms with van der Waals surface area (Å²) in [6.07, 6.45) is 1.34. The number of aryl methyl sites for hydroxylation is 1. The Labute approximate surface area is 232 Å². The minimum absolute atomic E-state index is 0.000707. The Balaban J connectivity index is 1.58. The van der Waals surface area contributed by atoms with E-state index in [-0.39, 0.29) is 25.1 Å². The number of hydrogen-bond donors (Lipinski definition) is 3. The second kappa shape index (κ2) is 13.5. The van der Waals surface area contributed by atoms with Crippen molar-refractivity contribution in [3.63, 3.8) is 0 Å². The topological polar surface area (TPSA) is 93.0 Å². The highest BCUT2D eigenvalue weighted by Crippen LogP contribution is 2.33. The average Bonchev–Trinajstić information content (AvgIpc) is 3.43. The van der Waals surface area contributed by atoms with Crippen LogP contribution in [-0.4, -0.2) is 43.9 Å². The van der Waals surface area contributed by atoms with Crippen molar-refractivity contribution in [2.75, 3.05) is 20.8 Å². The largest absolute Gasteiger partial charge is 0.493 e. The summed E-state index contributed by atoms with van der Waals surface area (Å²) in [5.74, 6) is -1.60. The summed E-state index contributed by atoms with van der Waals surface area (Å²) >= 11 is 0. The fourth-order valence-electron chi connectivity index (χ4n) is 4.80. The molecule has 0 aliphatic rings. The van der Waals surface area contributed by atoms with Crippen LogP contribution in [0.5, 0.6) is 5.75 Å². The van der Waals surface area contributed by atoms with Gasteiger partial charge in [-0.15, -0.1) is 0 Å². The smallest absolute Gasteiger partial charge is 0.252 e. The van der Waals surface area contributed by atoms with Gasteiger partial charge in [0.2, 0.25) is 0 Å². The van der Waals surface area contributed by atoms with Crippen LogP contribution in [0.15, 0.2) is 65.3 Å². The molecule has 212 valence electrons. The van der Waals surface area contributed by atoms with Crippen LogP contribution >= 0.6 is 0 Å². The molecule has 7 nitrogen and oxygen atoms in total. The van der Waals surface area contributed by atoms with Crippen LogP contribution in [0.2, 0.25) is 0 Å². The number of hydrogen-bond acceptors (Lipinski definition) is 6. The molecule has 4 rings (SSSR count). The van der Waals surface area contributed by atoms with Crippen LogP contribution in [0.25, 0.3) is 11.0 Å². The Morgan fingerprint density at radius 3 is 2.48 bits per heavy atom. The Hall–Kier alpha value is -3.79. The number of ether oxygens (including phenoxy) is 2. The second-order valence-electron chi connectivity index (χ2n) is 9.63. The molecule has 40 heavy (non-hydrogen) atoms. The van der Waals surface area contributed by atoms with Crippen molar-refractivity contribution in [2.45, 2.75) is 45.1 Å². The van der Waals surface area contributed by atoms with Crippen LogP contribution in [-0.2, 0) is 30.7 Å². The lowest BCUT2D eigenvalue weighted by atomic mass is 9.98. The molecule has 0 spiro atoms. The predicted octanol–water partition coefficient (Wildman–Crippen LogP) is 4.92. The number of nitrogens with one attached hydrogen (secondary N) is 2. The van der Waals surface area contributed by atoms with Crippen LogP contribution in [0.3, 0.4) is 0 Å². The summed E-state index contributed by atoms with van der Waals surface area (Å²) in [5.41, 5.74) is 3.91. The zero-order chi connectivity index (χ0) is 28.6. The van der Waals surface area contributed by atoms with Gasteiger partial charge in [0, 0.05) is 42.8 Å². The Kier molecular flexibility index (Phi) is 9.87. The van der Waals surface area contributed by atoms with Crippen molar-refractivity contribution in [2.24, 2.45) is 0 Å². The molecule has 0 aliphatic carbocycles. The first-order valence-electron chi connectivity index (χ1n) is 13.1. The Bertz CT molecular complexity index is 1430. The van der Waals surface area contributed by atoms with Crippen LogP contribution in [0.4, 0.5) is 8.78 Å². The molecule has 0 bridgehead atoms. The van der Waals surface area contributed by atoms with E-state index in [1.807, 2.05) is 12.1 Å². The summed E-state index contributed by atoms with van der Waals surface area (Å²) < 4.78 is 44.3. The van der Waals surface area contributed by atoms with Crippen LogP contribution in [0, 0.1) is 11.6 Å². The molecule has 0 saturated heterocycles. The van der Waals surface area contributed by atoms with Gasteiger partial charge in [-0.05, 0) is 53.8 Å². The summed E-state index contributed by atoms with van der Waals surface area (Å²) in [4.78, 5) is 13.6. The van der Waals surface area contributed by atoms with E-state index in [0.717, 1.165) is 18.1 Å². The van der Waals surface area contributed by atoms with Crippen molar-refractivity contribution in [3.8, 4) is 5.75 Å². The van der Waals surface area contributed by atoms with Gasteiger partial charge in [0.1, 0.15) is 11.6 Å². The Morgan fingerprint density at radius 1 is 1.02 bits per heavy atom. The maximum Gasteiger partial charge on any atom is 0.252 e. The summed E-state index contributed by atoms with van der Waals surface area (Å²) in [6, 6.07) is 13.7. The van der Waals surface area contributed by atoms with E-state index in [0.29, 0.717) is 34.4 Å². The third-order valence-electron chi connectivity index (χ3n) is 6.81. The van der Waals surface area contributed by atoms with Gasteiger partial charge >= 0.3 is 0 Å². The van der Waals surface area contributed by atoms with E-state index in [1.54, 1.807) is 12.1 Å². The summed E-state index contributed by atoms with van der Waals surface area (Å²) in [7, 11) is 2.99. The second-order valence-corrected chi connectivity index (χ2v) is 9.63. The SMILES string of the molecule is CCc1cccc(CNC[C@@H](O)[C@@H](Cc2cc(F)cc(F)c2)NC(=O)c2cc(OC)c3occc3c2COC)c1. The number of benzene rings is 3. The van der Waals surface area contributed by atoms with Crippen molar-refractivity contribution < 1.29 is 32.6 Å². The molecule has 0 fully saturated rings. The lowest BCUT2D eigenvalue weighted by Gasteiger charge is -2.26. The van der Waals surface area contributed by atoms with Crippen molar-refractivity contribution in [1.29, 1.82) is 0 Å². The highest BCUT2D eigenvalue weighted by Gasteiger charge is 2.26. The number of carbonyl (C=O) groups is 1. The van der Waals surface area contributed by atoms with Crippen molar-refractivity contribution >= 4 is 16.9 Å². The Morgan fingerprint density at radius 2 is 1.77 bits per heavy atom. The summed E-state index contributed by atoms with van der Waals surface area (Å²) in [5, 5.41) is 17.9. The maximum absolute atomic E-state index is 14.0. The van der Waals surface area contributed by atoms with Gasteiger partial charge in [0.25, 0.3) is 5.91 Å². The molecule has 1 heterocycles. The van der Waals surface area contributed by atoms with E-state index in [9.17, 15) is 18.7 Å². The van der Waals surface area contributed by atoms with E-state index in [4.69, 9.17) is 13.9 Å². The van der Waals surface area contributed by atoms with Crippen LogP contribution in [0.1, 0.15) is 39.5 Å². The van der Waals surface area contributed by atoms with Crippen molar-refractivity contribution in [3.05, 3.63) is 100 Å². The molecule has 0 saturated carbocycles. The molecule has 0 radical (unpaired) electrons. The lowest BCUT2D eigenvalue weighted by Crippen LogP contribution is -2.48. The number of rotatable bonds is 13. The highest BCUT2D eigenvalue weighted by molar-refractivity contribution is 6.02. The van der Waals surface area contributed by atoms with E-state index in [1.165, 1.54) is 38.2 Å². The molecule has 0 unspecified atom stereocenters. The van der Waals surface area contributed by atoms with E-state index < -0.39 is 29.7 Å². The molecule has 3 N–H and O–H groups in total. The molecule has 3 aromatic carbocycles. The maximum atomic E-state index is 14.0. The average molecular weight is 553 g/mol. The fraction of sp³-hybridized carbons (Fsp3) is 0.323. The number of fused-ring (bicyclic) bond motifs is 1. The van der Waals surface area contributed by atoms with Gasteiger partial charge in [0.05, 0.1) is 32.1 Å². The molecule has 4 aromatic rings. The molecule has 1 aromatic heterocycles. The first kappa shape index (κ1) is 29.2. The van der Waals surface area contributed by atoms with Gasteiger partial charge < -0.3 is 29.6 Å². The molecule has 9 heteroatoms. The monoisotopic (exact) mass is 552 g/mol. The number of amides is 1. The quantitative estimate of drug-likeness (QED) is 0.218. The first-order valence-corrected chi connectivity index (χ1v) is 13.1. The van der Waals surface area contributed by atoms with Crippen LogP contribution < -0.4 is 15.4 Å². The zero-order valence-corrected chi connectivity index (χ0v) is 22.8. The van der Waals surface area contributed by atoms with Gasteiger partial charge in [-0.25, -0.2) is 8.78 Å². The fourth-order valence-corrected chi connectivity index (χ4v) is 4.80. The predicted molar refractivity (Wildman–Crippen MR) is 148 cm³/mol. The van der Waals surface area contributed by atoms with Gasteiger partial charge in [0.15, 0.2) is 11.3 Å².